The monoisotopic (exact) mass is 237 g/mol. The lowest BCUT2D eigenvalue weighted by Crippen LogP contribution is -2.13. The van der Waals surface area contributed by atoms with E-state index in [0.717, 1.165) is 16.7 Å². The molecule has 0 aliphatic carbocycles. The van der Waals surface area contributed by atoms with Gasteiger partial charge in [-0.15, -0.1) is 6.42 Å². The van der Waals surface area contributed by atoms with Gasteiger partial charge in [0.25, 0.3) is 0 Å². The molecule has 0 radical (unpaired) electrons. The van der Waals surface area contributed by atoms with Crippen LogP contribution in [0.15, 0.2) is 54.6 Å². The number of hydroxylamine groups is 1. The zero-order chi connectivity index (χ0) is 12.6. The highest BCUT2D eigenvalue weighted by atomic mass is 16.6. The van der Waals surface area contributed by atoms with Gasteiger partial charge in [-0.2, -0.15) is 5.48 Å². The second-order valence-corrected chi connectivity index (χ2v) is 3.94. The van der Waals surface area contributed by atoms with E-state index >= 15 is 0 Å². The molecule has 1 N–H and O–H groups in total. The quantitative estimate of drug-likeness (QED) is 0.490. The van der Waals surface area contributed by atoms with E-state index in [-0.39, 0.29) is 0 Å². The van der Waals surface area contributed by atoms with Crippen LogP contribution in [0, 0.1) is 12.3 Å². The number of terminal acetylenes is 1. The Bertz CT molecular complexity index is 528. The molecule has 0 bridgehead atoms. The van der Waals surface area contributed by atoms with Gasteiger partial charge in [0.2, 0.25) is 0 Å². The minimum Gasteiger partial charge on any atom is -0.297 e. The van der Waals surface area contributed by atoms with Crippen molar-refractivity contribution >= 4 is 0 Å². The molecule has 0 unspecified atom stereocenters. The van der Waals surface area contributed by atoms with Crippen LogP contribution in [0.1, 0.15) is 16.7 Å². The summed E-state index contributed by atoms with van der Waals surface area (Å²) in [6.45, 7) is 1.19. The molecule has 0 aromatic heterocycles. The number of benzene rings is 2. The van der Waals surface area contributed by atoms with Crippen molar-refractivity contribution in [3.05, 3.63) is 71.3 Å². The number of nitrogens with one attached hydrogen (secondary N) is 1. The minimum atomic E-state index is 0.551. The maximum atomic E-state index is 5.40. The first-order chi connectivity index (χ1) is 8.88. The summed E-state index contributed by atoms with van der Waals surface area (Å²) in [5.74, 6) is 2.62. The van der Waals surface area contributed by atoms with Gasteiger partial charge in [-0.05, 0) is 23.3 Å². The van der Waals surface area contributed by atoms with Crippen LogP contribution in [-0.2, 0) is 18.0 Å². The highest BCUT2D eigenvalue weighted by Gasteiger charge is 1.95. The Morgan fingerprint density at radius 2 is 1.78 bits per heavy atom. The molecule has 0 aliphatic rings. The second-order valence-electron chi connectivity index (χ2n) is 3.94. The van der Waals surface area contributed by atoms with Gasteiger partial charge in [-0.1, -0.05) is 48.4 Å². The third kappa shape index (κ3) is 3.74. The first-order valence-electron chi connectivity index (χ1n) is 5.82. The van der Waals surface area contributed by atoms with Crippen LogP contribution in [0.2, 0.25) is 0 Å². The summed E-state index contributed by atoms with van der Waals surface area (Å²) in [6, 6.07) is 17.9. The Morgan fingerprint density at radius 1 is 1.00 bits per heavy atom. The van der Waals surface area contributed by atoms with Crippen LogP contribution in [0.4, 0.5) is 0 Å². The van der Waals surface area contributed by atoms with E-state index < -0.39 is 0 Å². The maximum absolute atomic E-state index is 5.40. The summed E-state index contributed by atoms with van der Waals surface area (Å²) in [4.78, 5) is 5.40. The molecular weight excluding hydrogens is 222 g/mol. The van der Waals surface area contributed by atoms with Gasteiger partial charge in [-0.3, -0.25) is 4.84 Å². The molecule has 0 atom stereocenters. The highest BCUT2D eigenvalue weighted by Crippen LogP contribution is 2.04. The summed E-state index contributed by atoms with van der Waals surface area (Å²) in [6.07, 6.45) is 5.35. The van der Waals surface area contributed by atoms with Crippen LogP contribution >= 0.6 is 0 Å². The van der Waals surface area contributed by atoms with Gasteiger partial charge < -0.3 is 0 Å². The molecule has 2 nitrogen and oxygen atoms in total. The predicted octanol–water partition coefficient (Wildman–Crippen LogP) is 2.89. The summed E-state index contributed by atoms with van der Waals surface area (Å²) < 4.78 is 0. The van der Waals surface area contributed by atoms with Crippen molar-refractivity contribution in [1.82, 2.24) is 5.48 Å². The smallest absolute Gasteiger partial charge is 0.0933 e. The van der Waals surface area contributed by atoms with E-state index in [1.54, 1.807) is 0 Å². The van der Waals surface area contributed by atoms with Gasteiger partial charge in [-0.25, -0.2) is 0 Å². The van der Waals surface area contributed by atoms with Crippen LogP contribution < -0.4 is 5.48 Å². The highest BCUT2D eigenvalue weighted by molar-refractivity contribution is 5.35. The second kappa shape index (κ2) is 6.61. The Hall–Kier alpha value is -2.08. The van der Waals surface area contributed by atoms with E-state index in [9.17, 15) is 0 Å². The number of hydrogen-bond acceptors (Lipinski definition) is 2. The van der Waals surface area contributed by atoms with E-state index in [2.05, 4.69) is 11.4 Å². The molecule has 0 fully saturated rings. The van der Waals surface area contributed by atoms with Crippen molar-refractivity contribution in [3.8, 4) is 12.3 Å². The lowest BCUT2D eigenvalue weighted by Gasteiger charge is -2.06. The van der Waals surface area contributed by atoms with Gasteiger partial charge in [0.05, 0.1) is 6.61 Å². The van der Waals surface area contributed by atoms with Crippen LogP contribution in [0.25, 0.3) is 0 Å². The number of rotatable bonds is 5. The third-order valence-electron chi connectivity index (χ3n) is 2.55. The standard InChI is InChI=1S/C16H15NO/c1-2-14-9-6-10-16(11-14)12-17-18-13-15-7-4-3-5-8-15/h1,3-11,17H,12-13H2. The van der Waals surface area contributed by atoms with Crippen molar-refractivity contribution in [2.24, 2.45) is 0 Å². The van der Waals surface area contributed by atoms with Gasteiger partial charge >= 0.3 is 0 Å². The molecular formula is C16H15NO. The topological polar surface area (TPSA) is 21.3 Å². The Balaban J connectivity index is 1.77. The molecule has 2 aromatic rings. The normalized spacial score (nSPS) is 9.94. The van der Waals surface area contributed by atoms with Crippen molar-refractivity contribution in [2.75, 3.05) is 0 Å². The first-order valence-corrected chi connectivity index (χ1v) is 5.82. The molecule has 2 heteroatoms. The van der Waals surface area contributed by atoms with Crippen molar-refractivity contribution in [2.45, 2.75) is 13.2 Å². The molecule has 2 rings (SSSR count). The largest absolute Gasteiger partial charge is 0.297 e. The Kier molecular flexibility index (Phi) is 4.54. The summed E-state index contributed by atoms with van der Waals surface area (Å²) in [5, 5.41) is 0. The fourth-order valence-corrected chi connectivity index (χ4v) is 1.61. The van der Waals surface area contributed by atoms with Crippen molar-refractivity contribution in [1.29, 1.82) is 0 Å². The summed E-state index contributed by atoms with van der Waals surface area (Å²) in [5.41, 5.74) is 6.07. The lowest BCUT2D eigenvalue weighted by atomic mass is 10.1. The fourth-order valence-electron chi connectivity index (χ4n) is 1.61. The van der Waals surface area contributed by atoms with E-state index in [1.165, 1.54) is 0 Å². The molecule has 0 aliphatic heterocycles. The molecule has 0 heterocycles. The van der Waals surface area contributed by atoms with Gasteiger partial charge in [0.1, 0.15) is 0 Å². The summed E-state index contributed by atoms with van der Waals surface area (Å²) >= 11 is 0. The molecule has 0 spiro atoms. The van der Waals surface area contributed by atoms with Gasteiger partial charge in [0.15, 0.2) is 0 Å². The molecule has 0 amide bonds. The average molecular weight is 237 g/mol. The van der Waals surface area contributed by atoms with Crippen LogP contribution in [0.3, 0.4) is 0 Å². The van der Waals surface area contributed by atoms with E-state index in [1.807, 2.05) is 54.6 Å². The molecule has 0 saturated heterocycles. The minimum absolute atomic E-state index is 0.551. The van der Waals surface area contributed by atoms with Gasteiger partial charge in [0, 0.05) is 12.1 Å². The SMILES string of the molecule is C#Cc1cccc(CNOCc2ccccc2)c1. The van der Waals surface area contributed by atoms with E-state index in [0.29, 0.717) is 13.2 Å². The third-order valence-corrected chi connectivity index (χ3v) is 2.55. The van der Waals surface area contributed by atoms with Crippen LogP contribution in [-0.4, -0.2) is 0 Å². The van der Waals surface area contributed by atoms with Crippen LogP contribution in [0.5, 0.6) is 0 Å². The predicted molar refractivity (Wildman–Crippen MR) is 72.4 cm³/mol. The first kappa shape index (κ1) is 12.4. The fraction of sp³-hybridized carbons (Fsp3) is 0.125. The Morgan fingerprint density at radius 3 is 2.56 bits per heavy atom. The molecule has 90 valence electrons. The maximum Gasteiger partial charge on any atom is 0.0933 e. The molecule has 0 saturated carbocycles. The average Bonchev–Trinajstić information content (AvgIpc) is 2.45. The van der Waals surface area contributed by atoms with Crippen molar-refractivity contribution < 1.29 is 4.84 Å². The summed E-state index contributed by atoms with van der Waals surface area (Å²) in [7, 11) is 0. The lowest BCUT2D eigenvalue weighted by molar-refractivity contribution is 0.0235. The zero-order valence-electron chi connectivity index (χ0n) is 10.1. The number of hydrogen-bond donors (Lipinski definition) is 1. The molecule has 18 heavy (non-hydrogen) atoms. The molecule has 2 aromatic carbocycles. The van der Waals surface area contributed by atoms with E-state index in [4.69, 9.17) is 11.3 Å². The Labute approximate surface area is 108 Å². The zero-order valence-corrected chi connectivity index (χ0v) is 10.1. The van der Waals surface area contributed by atoms with Crippen molar-refractivity contribution in [3.63, 3.8) is 0 Å².